The van der Waals surface area contributed by atoms with Gasteiger partial charge in [-0.1, -0.05) is 84.9 Å². The number of benzene rings is 4. The molecule has 12 nitrogen and oxygen atoms in total. The van der Waals surface area contributed by atoms with Crippen molar-refractivity contribution in [3.05, 3.63) is 116 Å². The zero-order valence-electron chi connectivity index (χ0n) is 25.9. The third-order valence-electron chi connectivity index (χ3n) is 8.57. The second kappa shape index (κ2) is 11.2. The fourth-order valence-electron chi connectivity index (χ4n) is 6.35. The predicted molar refractivity (Wildman–Crippen MR) is 185 cm³/mol. The van der Waals surface area contributed by atoms with Crippen LogP contribution in [0.4, 0.5) is 0 Å². The molecule has 0 atom stereocenters. The number of H-pyrrole nitrogens is 2. The number of aromatic amines is 2. The quantitative estimate of drug-likeness (QED) is 0.186. The van der Waals surface area contributed by atoms with Crippen LogP contribution in [-0.4, -0.2) is 52.3 Å². The molecular formula is C36H21N9O3SZn. The van der Waals surface area contributed by atoms with E-state index in [2.05, 4.69) is 9.97 Å². The Bertz CT molecular complexity index is 2950. The topological polar surface area (TPSA) is 157 Å². The number of fused-ring (bicyclic) bond motifs is 20. The Balaban J connectivity index is 0.00000336. The minimum Gasteiger partial charge on any atom is -0.366 e. The molecule has 0 unspecified atom stereocenters. The Kier molecular flexibility index (Phi) is 6.73. The molecule has 4 aromatic carbocycles. The van der Waals surface area contributed by atoms with Crippen LogP contribution in [0.3, 0.4) is 0 Å². The van der Waals surface area contributed by atoms with Gasteiger partial charge in [-0.15, -0.1) is 0 Å². The van der Waals surface area contributed by atoms with Gasteiger partial charge in [0.25, 0.3) is 0 Å². The Morgan fingerprint density at radius 1 is 0.480 bits per heavy atom. The van der Waals surface area contributed by atoms with Gasteiger partial charge in [0.05, 0.1) is 5.39 Å². The largest absolute Gasteiger partial charge is 0.413 e. The molecule has 8 bridgehead atoms. The van der Waals surface area contributed by atoms with E-state index in [4.69, 9.17) is 34.1 Å². The second-order valence-electron chi connectivity index (χ2n) is 11.5. The van der Waals surface area contributed by atoms with Crippen molar-refractivity contribution >= 4 is 54.4 Å². The molecule has 8 aromatic rings. The van der Waals surface area contributed by atoms with Crippen molar-refractivity contribution in [2.45, 2.75) is 0 Å². The van der Waals surface area contributed by atoms with Crippen LogP contribution in [-0.2, 0) is 29.8 Å². The first-order valence-electron chi connectivity index (χ1n) is 15.3. The van der Waals surface area contributed by atoms with Crippen molar-refractivity contribution in [1.82, 2.24) is 43.8 Å². The van der Waals surface area contributed by atoms with E-state index in [0.717, 1.165) is 37.0 Å². The van der Waals surface area contributed by atoms with E-state index < -0.39 is 10.3 Å². The molecule has 6 heterocycles. The molecule has 0 amide bonds. The summed E-state index contributed by atoms with van der Waals surface area (Å²) in [6.45, 7) is 0. The number of hydrogen-bond donors (Lipinski definition) is 2. The first kappa shape index (κ1) is 30.0. The molecule has 2 aliphatic heterocycles. The van der Waals surface area contributed by atoms with Gasteiger partial charge in [-0.3, -0.25) is 0 Å². The maximum absolute atomic E-state index is 13.3. The molecular weight excluding hydrogens is 704 g/mol. The molecule has 0 radical (unpaired) electrons. The number of hydrogen-bond acceptors (Lipinski definition) is 9. The molecule has 0 saturated carbocycles. The molecule has 4 aromatic heterocycles. The van der Waals surface area contributed by atoms with Gasteiger partial charge < -0.3 is 14.2 Å². The molecule has 0 spiro atoms. The third kappa shape index (κ3) is 4.64. The molecule has 14 heteroatoms. The molecule has 0 saturated heterocycles. The summed E-state index contributed by atoms with van der Waals surface area (Å²) < 4.78 is 33.3. The monoisotopic (exact) mass is 723 g/mol. The number of rotatable bonds is 3. The van der Waals surface area contributed by atoms with Gasteiger partial charge in [0.1, 0.15) is 22.6 Å². The van der Waals surface area contributed by atoms with Gasteiger partial charge in [-0.2, -0.15) is 8.42 Å². The summed E-state index contributed by atoms with van der Waals surface area (Å²) in [6, 6.07) is 31.7. The van der Waals surface area contributed by atoms with E-state index in [9.17, 15) is 8.42 Å². The van der Waals surface area contributed by atoms with Crippen LogP contribution in [0.1, 0.15) is 0 Å². The van der Waals surface area contributed by atoms with Gasteiger partial charge in [-0.05, 0) is 18.2 Å². The van der Waals surface area contributed by atoms with Crippen LogP contribution < -0.4 is 4.18 Å². The van der Waals surface area contributed by atoms with Crippen molar-refractivity contribution in [2.24, 2.45) is 0 Å². The summed E-state index contributed by atoms with van der Waals surface area (Å²) in [6.07, 6.45) is 2.81. The Morgan fingerprint density at radius 3 is 1.42 bits per heavy atom. The van der Waals surface area contributed by atoms with E-state index in [1.165, 1.54) is 12.4 Å². The second-order valence-corrected chi connectivity index (χ2v) is 12.9. The van der Waals surface area contributed by atoms with Crippen molar-refractivity contribution in [3.8, 4) is 51.3 Å². The molecule has 0 aliphatic carbocycles. The first-order valence-corrected chi connectivity index (χ1v) is 16.7. The minimum absolute atomic E-state index is 0. The van der Waals surface area contributed by atoms with E-state index in [0.29, 0.717) is 56.7 Å². The van der Waals surface area contributed by atoms with Gasteiger partial charge in [-0.25, -0.2) is 33.9 Å². The predicted octanol–water partition coefficient (Wildman–Crippen LogP) is 6.84. The maximum Gasteiger partial charge on any atom is 0.413 e. The van der Waals surface area contributed by atoms with Crippen LogP contribution in [0.25, 0.3) is 89.7 Å². The molecule has 50 heavy (non-hydrogen) atoms. The zero-order valence-corrected chi connectivity index (χ0v) is 29.7. The number of aromatic nitrogens is 9. The Hall–Kier alpha value is -6.11. The molecule has 0 fully saturated rings. The Labute approximate surface area is 296 Å². The van der Waals surface area contributed by atoms with Crippen LogP contribution >= 0.6 is 0 Å². The van der Waals surface area contributed by atoms with E-state index in [1.807, 2.05) is 78.9 Å². The summed E-state index contributed by atoms with van der Waals surface area (Å²) in [5.74, 6) is 1.84. The maximum atomic E-state index is 13.3. The van der Waals surface area contributed by atoms with Gasteiger partial charge >= 0.3 is 10.3 Å². The van der Waals surface area contributed by atoms with Crippen molar-refractivity contribution in [3.63, 3.8) is 0 Å². The summed E-state index contributed by atoms with van der Waals surface area (Å²) in [5, 5.41) is 2.75. The van der Waals surface area contributed by atoms with Crippen LogP contribution in [0.15, 0.2) is 116 Å². The molecule has 236 valence electrons. The summed E-state index contributed by atoms with van der Waals surface area (Å²) in [4.78, 5) is 36.5. The average Bonchev–Trinajstić information content (AvgIpc) is 3.95. The standard InChI is InChI=1S/C36H21N9O3S.Zn/c46-49(47,45-18-7-8-19-45)48-27-17-9-16-26-28(27)36-43-34-25-15-6-5-14-24(25)32(41-34)39-30-21-11-2-1-10-20(21)29(37-30)38-31-22-12-3-4-13-23(22)33(40-31)42-35(26)44-36;/h1-19H,(H2,37,38,39,40,41,42,43,44);. The number of nitrogens with one attached hydrogen (secondary N) is 2. The first-order chi connectivity index (χ1) is 24.0. The summed E-state index contributed by atoms with van der Waals surface area (Å²) in [7, 11) is -4.23. The summed E-state index contributed by atoms with van der Waals surface area (Å²) in [5.41, 5.74) is 5.09. The van der Waals surface area contributed by atoms with Gasteiger partial charge in [0.15, 0.2) is 29.0 Å². The van der Waals surface area contributed by atoms with Crippen molar-refractivity contribution < 1.29 is 32.1 Å². The van der Waals surface area contributed by atoms with E-state index in [-0.39, 0.29) is 25.2 Å². The van der Waals surface area contributed by atoms with Gasteiger partial charge in [0, 0.05) is 70.3 Å². The normalized spacial score (nSPS) is 12.0. The van der Waals surface area contributed by atoms with Gasteiger partial charge in [0.2, 0.25) is 0 Å². The number of nitrogens with zero attached hydrogens (tertiary/aromatic N) is 7. The average molecular weight is 725 g/mol. The van der Waals surface area contributed by atoms with Crippen LogP contribution in [0, 0.1) is 0 Å². The third-order valence-corrected chi connectivity index (χ3v) is 9.72. The summed E-state index contributed by atoms with van der Waals surface area (Å²) >= 11 is 0. The molecule has 2 aliphatic rings. The SMILES string of the molecule is O=S(=O)(Oc1cccc2c3nc4nc(nc5[nH]c(nc6nc(nc([nH]3)c12)-c1ccccc1-6)c1ccccc51)-c1ccccc1-4)n1cccc1.[Zn]. The van der Waals surface area contributed by atoms with E-state index in [1.54, 1.807) is 24.3 Å². The fraction of sp³-hybridized carbons (Fsp3) is 0. The smallest absolute Gasteiger partial charge is 0.366 e. The van der Waals surface area contributed by atoms with E-state index >= 15 is 0 Å². The Morgan fingerprint density at radius 2 is 0.900 bits per heavy atom. The molecule has 2 N–H and O–H groups in total. The molecule has 10 rings (SSSR count). The van der Waals surface area contributed by atoms with Crippen molar-refractivity contribution in [1.29, 1.82) is 0 Å². The fourth-order valence-corrected chi connectivity index (χ4v) is 7.24. The van der Waals surface area contributed by atoms with Crippen LogP contribution in [0.5, 0.6) is 5.75 Å². The minimum atomic E-state index is -4.23. The van der Waals surface area contributed by atoms with Crippen molar-refractivity contribution in [2.75, 3.05) is 0 Å². The van der Waals surface area contributed by atoms with Crippen LogP contribution in [0.2, 0.25) is 0 Å². The zero-order chi connectivity index (χ0) is 32.7.